The first kappa shape index (κ1) is 20.0. The van der Waals surface area contributed by atoms with E-state index in [1.807, 2.05) is 53.7 Å². The van der Waals surface area contributed by atoms with Crippen LogP contribution in [-0.4, -0.2) is 52.9 Å². The Kier molecular flexibility index (Phi) is 5.17. The van der Waals surface area contributed by atoms with Crippen molar-refractivity contribution in [1.29, 1.82) is 0 Å². The van der Waals surface area contributed by atoms with E-state index in [0.29, 0.717) is 11.1 Å². The van der Waals surface area contributed by atoms with Crippen LogP contribution in [-0.2, 0) is 0 Å². The fourth-order valence-corrected chi connectivity index (χ4v) is 4.10. The third-order valence-electron chi connectivity index (χ3n) is 5.86. The van der Waals surface area contributed by atoms with Gasteiger partial charge in [-0.05, 0) is 41.5 Å². The number of rotatable bonds is 4. The van der Waals surface area contributed by atoms with Crippen molar-refractivity contribution in [1.82, 2.24) is 20.2 Å². The van der Waals surface area contributed by atoms with Crippen molar-refractivity contribution in [3.63, 3.8) is 0 Å². The molecule has 7 nitrogen and oxygen atoms in total. The van der Waals surface area contributed by atoms with Gasteiger partial charge in [-0.25, -0.2) is 4.98 Å². The monoisotopic (exact) mass is 425 g/mol. The molecule has 1 aliphatic heterocycles. The number of nitrogens with zero attached hydrogens (tertiary/aromatic N) is 2. The second-order valence-corrected chi connectivity index (χ2v) is 7.89. The Bertz CT molecular complexity index is 1300. The van der Waals surface area contributed by atoms with Gasteiger partial charge < -0.3 is 20.9 Å². The normalized spacial score (nSPS) is 13.9. The second kappa shape index (κ2) is 8.28. The van der Waals surface area contributed by atoms with Gasteiger partial charge in [0.25, 0.3) is 5.91 Å². The number of aromatic amines is 1. The van der Waals surface area contributed by atoms with Crippen molar-refractivity contribution in [3.05, 3.63) is 78.1 Å². The maximum absolute atomic E-state index is 12.9. The fourth-order valence-electron chi connectivity index (χ4n) is 4.10. The number of carbonyl (C=O) groups excluding carboxylic acids is 2. The van der Waals surface area contributed by atoms with Crippen molar-refractivity contribution in [2.75, 3.05) is 26.2 Å². The van der Waals surface area contributed by atoms with E-state index in [0.717, 1.165) is 59.5 Å². The predicted octanol–water partition coefficient (Wildman–Crippen LogP) is 3.04. The van der Waals surface area contributed by atoms with E-state index in [9.17, 15) is 9.59 Å². The Morgan fingerprint density at radius 1 is 0.906 bits per heavy atom. The van der Waals surface area contributed by atoms with E-state index in [4.69, 9.17) is 5.73 Å². The van der Waals surface area contributed by atoms with Crippen LogP contribution in [0.3, 0.4) is 0 Å². The highest BCUT2D eigenvalue weighted by atomic mass is 16.2. The molecule has 2 amide bonds. The summed E-state index contributed by atoms with van der Waals surface area (Å²) in [5.41, 5.74) is 11.1. The molecule has 0 bridgehead atoms. The van der Waals surface area contributed by atoms with Gasteiger partial charge in [0.2, 0.25) is 5.91 Å². The molecule has 0 unspecified atom stereocenters. The van der Waals surface area contributed by atoms with Gasteiger partial charge in [-0.1, -0.05) is 24.3 Å². The zero-order valence-electron chi connectivity index (χ0n) is 17.5. The molecule has 5 rings (SSSR count). The van der Waals surface area contributed by atoms with E-state index < -0.39 is 5.91 Å². The van der Waals surface area contributed by atoms with Gasteiger partial charge >= 0.3 is 0 Å². The molecule has 4 aromatic rings. The molecular weight excluding hydrogens is 402 g/mol. The highest BCUT2D eigenvalue weighted by molar-refractivity contribution is 5.98. The van der Waals surface area contributed by atoms with E-state index in [2.05, 4.69) is 21.4 Å². The zero-order chi connectivity index (χ0) is 22.1. The van der Waals surface area contributed by atoms with Crippen molar-refractivity contribution in [2.24, 2.45) is 5.73 Å². The average molecular weight is 425 g/mol. The fraction of sp³-hybridized carbons (Fsp3) is 0.160. The smallest absolute Gasteiger partial charge is 0.253 e. The molecule has 0 radical (unpaired) electrons. The van der Waals surface area contributed by atoms with Crippen LogP contribution in [0.2, 0.25) is 0 Å². The number of aromatic nitrogens is 2. The Morgan fingerprint density at radius 3 is 2.44 bits per heavy atom. The zero-order valence-corrected chi connectivity index (χ0v) is 17.5. The number of fused-ring (bicyclic) bond motifs is 1. The maximum Gasteiger partial charge on any atom is 0.253 e. The lowest BCUT2D eigenvalue weighted by Crippen LogP contribution is -2.46. The Morgan fingerprint density at radius 2 is 1.69 bits per heavy atom. The van der Waals surface area contributed by atoms with Gasteiger partial charge in [0.1, 0.15) is 5.65 Å². The van der Waals surface area contributed by atoms with Gasteiger partial charge in [0.05, 0.1) is 0 Å². The summed E-state index contributed by atoms with van der Waals surface area (Å²) in [6.07, 6.45) is 3.72. The van der Waals surface area contributed by atoms with Gasteiger partial charge in [-0.2, -0.15) is 0 Å². The number of nitrogens with one attached hydrogen (secondary N) is 2. The minimum Gasteiger partial charge on any atom is -0.366 e. The first-order valence-electron chi connectivity index (χ1n) is 10.6. The number of piperazine rings is 1. The van der Waals surface area contributed by atoms with Crippen LogP contribution in [0, 0.1) is 0 Å². The highest BCUT2D eigenvalue weighted by Gasteiger charge is 2.18. The lowest BCUT2D eigenvalue weighted by Gasteiger charge is -2.27. The molecule has 0 spiro atoms. The number of H-pyrrole nitrogens is 1. The molecule has 2 aromatic heterocycles. The molecule has 2 aromatic carbocycles. The third kappa shape index (κ3) is 3.74. The average Bonchev–Trinajstić information content (AvgIpc) is 3.27. The molecule has 1 saturated heterocycles. The summed E-state index contributed by atoms with van der Waals surface area (Å²) in [5, 5.41) is 4.24. The molecule has 0 atom stereocenters. The number of pyridine rings is 1. The maximum atomic E-state index is 12.9. The van der Waals surface area contributed by atoms with E-state index >= 15 is 0 Å². The number of nitrogens with two attached hydrogens (primary N) is 1. The third-order valence-corrected chi connectivity index (χ3v) is 5.86. The molecule has 0 saturated carbocycles. The standard InChI is InChI=1S/C25H23N5O2/c26-23(31)17-6-4-16(5-7-17)22-15-29-24-21(22)13-20(14-28-24)18-2-1-3-19(12-18)25(32)30-10-8-27-9-11-30/h1-7,12-15,27H,8-11H2,(H2,26,31)(H,28,29). The topological polar surface area (TPSA) is 104 Å². The molecule has 32 heavy (non-hydrogen) atoms. The summed E-state index contributed by atoms with van der Waals surface area (Å²) in [4.78, 5) is 34.0. The van der Waals surface area contributed by atoms with Gasteiger partial charge in [0, 0.05) is 66.2 Å². The summed E-state index contributed by atoms with van der Waals surface area (Å²) in [6, 6.07) is 17.0. The summed E-state index contributed by atoms with van der Waals surface area (Å²) < 4.78 is 0. The van der Waals surface area contributed by atoms with Crippen LogP contribution in [0.25, 0.3) is 33.3 Å². The molecule has 160 valence electrons. The lowest BCUT2D eigenvalue weighted by molar-refractivity contribution is 0.0735. The molecule has 1 aliphatic rings. The highest BCUT2D eigenvalue weighted by Crippen LogP contribution is 2.31. The van der Waals surface area contributed by atoms with Crippen LogP contribution in [0.15, 0.2) is 67.0 Å². The summed E-state index contributed by atoms with van der Waals surface area (Å²) in [5.74, 6) is -0.395. The Hall–Kier alpha value is -3.97. The minimum atomic E-state index is -0.449. The first-order chi connectivity index (χ1) is 15.6. The molecule has 4 N–H and O–H groups in total. The lowest BCUT2D eigenvalue weighted by atomic mass is 10.00. The van der Waals surface area contributed by atoms with Crippen molar-refractivity contribution in [3.8, 4) is 22.3 Å². The SMILES string of the molecule is NC(=O)c1ccc(-c2c[nH]c3ncc(-c4cccc(C(=O)N5CCNCC5)c4)cc23)cc1. The second-order valence-electron chi connectivity index (χ2n) is 7.89. The number of primary amides is 1. The number of hydrogen-bond donors (Lipinski definition) is 3. The Labute approximate surface area is 185 Å². The van der Waals surface area contributed by atoms with E-state index in [-0.39, 0.29) is 5.91 Å². The van der Waals surface area contributed by atoms with Crippen LogP contribution in [0.5, 0.6) is 0 Å². The summed E-state index contributed by atoms with van der Waals surface area (Å²) in [6.45, 7) is 3.08. The molecule has 1 fully saturated rings. The van der Waals surface area contributed by atoms with Gasteiger partial charge in [0.15, 0.2) is 0 Å². The number of hydrogen-bond acceptors (Lipinski definition) is 4. The van der Waals surface area contributed by atoms with E-state index in [1.54, 1.807) is 12.1 Å². The largest absolute Gasteiger partial charge is 0.366 e. The van der Waals surface area contributed by atoms with Gasteiger partial charge in [-0.15, -0.1) is 0 Å². The number of carbonyl (C=O) groups is 2. The summed E-state index contributed by atoms with van der Waals surface area (Å²) in [7, 11) is 0. The molecule has 3 heterocycles. The minimum absolute atomic E-state index is 0.0549. The number of amides is 2. The van der Waals surface area contributed by atoms with Gasteiger partial charge in [-0.3, -0.25) is 9.59 Å². The molecule has 0 aliphatic carbocycles. The van der Waals surface area contributed by atoms with Crippen LogP contribution in [0.4, 0.5) is 0 Å². The predicted molar refractivity (Wildman–Crippen MR) is 124 cm³/mol. The van der Waals surface area contributed by atoms with Crippen molar-refractivity contribution >= 4 is 22.8 Å². The van der Waals surface area contributed by atoms with Crippen LogP contribution >= 0.6 is 0 Å². The Balaban J connectivity index is 1.49. The molecular formula is C25H23N5O2. The van der Waals surface area contributed by atoms with Crippen molar-refractivity contribution < 1.29 is 9.59 Å². The first-order valence-corrected chi connectivity index (χ1v) is 10.6. The van der Waals surface area contributed by atoms with Crippen LogP contribution < -0.4 is 11.1 Å². The number of benzene rings is 2. The van der Waals surface area contributed by atoms with E-state index in [1.165, 1.54) is 0 Å². The summed E-state index contributed by atoms with van der Waals surface area (Å²) >= 11 is 0. The van der Waals surface area contributed by atoms with Crippen molar-refractivity contribution in [2.45, 2.75) is 0 Å². The van der Waals surface area contributed by atoms with Crippen LogP contribution in [0.1, 0.15) is 20.7 Å². The quantitative estimate of drug-likeness (QED) is 0.467. The molecule has 7 heteroatoms.